The molecule has 5 nitrogen and oxygen atoms in total. The number of nitrogen functional groups attached to an aromatic ring is 1. The van der Waals surface area contributed by atoms with E-state index in [-0.39, 0.29) is 16.9 Å². The highest BCUT2D eigenvalue weighted by Gasteiger charge is 2.22. The molecule has 1 aromatic carbocycles. The SMILES string of the molecule is Cc1cc(N)cc(S(=O)(=O)NCC(C)(C)CCCO)c1. The summed E-state index contributed by atoms with van der Waals surface area (Å²) in [5.41, 5.74) is 6.73. The van der Waals surface area contributed by atoms with Gasteiger partial charge in [0.2, 0.25) is 10.0 Å². The van der Waals surface area contributed by atoms with Crippen LogP contribution in [0.15, 0.2) is 23.1 Å². The third kappa shape index (κ3) is 5.11. The van der Waals surface area contributed by atoms with Crippen LogP contribution in [0.5, 0.6) is 0 Å². The van der Waals surface area contributed by atoms with Gasteiger partial charge in [-0.05, 0) is 48.9 Å². The van der Waals surface area contributed by atoms with E-state index in [1.807, 2.05) is 13.8 Å². The molecule has 0 aliphatic carbocycles. The highest BCUT2D eigenvalue weighted by Crippen LogP contribution is 2.22. The lowest BCUT2D eigenvalue weighted by molar-refractivity contribution is 0.242. The largest absolute Gasteiger partial charge is 0.399 e. The van der Waals surface area contributed by atoms with E-state index in [0.29, 0.717) is 18.7 Å². The fourth-order valence-corrected chi connectivity index (χ4v) is 3.33. The molecule has 0 atom stereocenters. The minimum atomic E-state index is -3.56. The summed E-state index contributed by atoms with van der Waals surface area (Å²) < 4.78 is 27.1. The normalized spacial score (nSPS) is 12.6. The molecule has 6 heteroatoms. The Hall–Kier alpha value is -1.11. The lowest BCUT2D eigenvalue weighted by atomic mass is 9.88. The zero-order valence-corrected chi connectivity index (χ0v) is 13.1. The maximum absolute atomic E-state index is 12.2. The van der Waals surface area contributed by atoms with Crippen molar-refractivity contribution in [3.8, 4) is 0 Å². The number of hydrogen-bond acceptors (Lipinski definition) is 4. The van der Waals surface area contributed by atoms with E-state index in [4.69, 9.17) is 10.8 Å². The topological polar surface area (TPSA) is 92.4 Å². The number of aliphatic hydroxyl groups is 1. The molecule has 0 unspecified atom stereocenters. The summed E-state index contributed by atoms with van der Waals surface area (Å²) in [4.78, 5) is 0.188. The molecule has 0 saturated heterocycles. The first kappa shape index (κ1) is 16.9. The summed E-state index contributed by atoms with van der Waals surface area (Å²) in [5, 5.41) is 8.84. The quantitative estimate of drug-likeness (QED) is 0.668. The summed E-state index contributed by atoms with van der Waals surface area (Å²) in [5.74, 6) is 0. The Morgan fingerprint density at radius 3 is 2.50 bits per heavy atom. The summed E-state index contributed by atoms with van der Waals surface area (Å²) in [7, 11) is -3.56. The van der Waals surface area contributed by atoms with Crippen LogP contribution in [0.4, 0.5) is 5.69 Å². The molecular weight excluding hydrogens is 276 g/mol. The summed E-state index contributed by atoms with van der Waals surface area (Å²) in [6.45, 7) is 6.18. The average Bonchev–Trinajstić information content (AvgIpc) is 2.33. The third-order valence-electron chi connectivity index (χ3n) is 3.14. The molecule has 1 rings (SSSR count). The molecule has 114 valence electrons. The van der Waals surface area contributed by atoms with Crippen LogP contribution in [-0.4, -0.2) is 26.7 Å². The maximum atomic E-state index is 12.2. The molecule has 0 heterocycles. The van der Waals surface area contributed by atoms with Crippen molar-refractivity contribution in [1.82, 2.24) is 4.72 Å². The van der Waals surface area contributed by atoms with Crippen LogP contribution < -0.4 is 10.5 Å². The number of aliphatic hydroxyl groups excluding tert-OH is 1. The van der Waals surface area contributed by atoms with Crippen LogP contribution >= 0.6 is 0 Å². The molecule has 0 aromatic heterocycles. The van der Waals surface area contributed by atoms with Crippen LogP contribution in [0.3, 0.4) is 0 Å². The summed E-state index contributed by atoms with van der Waals surface area (Å²) in [6.07, 6.45) is 1.41. The van der Waals surface area contributed by atoms with Crippen molar-refractivity contribution in [3.63, 3.8) is 0 Å². The van der Waals surface area contributed by atoms with Gasteiger partial charge in [0.05, 0.1) is 4.90 Å². The van der Waals surface area contributed by atoms with Gasteiger partial charge in [-0.25, -0.2) is 13.1 Å². The number of benzene rings is 1. The second-order valence-corrected chi connectivity index (χ2v) is 7.66. The molecule has 20 heavy (non-hydrogen) atoms. The zero-order valence-electron chi connectivity index (χ0n) is 12.3. The fourth-order valence-electron chi connectivity index (χ4n) is 1.95. The predicted octanol–water partition coefficient (Wildman–Crippen LogP) is 1.65. The fraction of sp³-hybridized carbons (Fsp3) is 0.571. The highest BCUT2D eigenvalue weighted by atomic mass is 32.2. The minimum Gasteiger partial charge on any atom is -0.399 e. The molecule has 0 saturated carbocycles. The molecule has 0 fully saturated rings. The molecule has 0 spiro atoms. The van der Waals surface area contributed by atoms with E-state index in [1.165, 1.54) is 6.07 Å². The molecular formula is C14H24N2O3S. The number of rotatable bonds is 7. The van der Waals surface area contributed by atoms with E-state index < -0.39 is 10.0 Å². The van der Waals surface area contributed by atoms with E-state index in [1.54, 1.807) is 19.1 Å². The lowest BCUT2D eigenvalue weighted by Crippen LogP contribution is -2.34. The Balaban J connectivity index is 2.80. The third-order valence-corrected chi connectivity index (χ3v) is 4.52. The molecule has 0 aliphatic heterocycles. The standard InChI is InChI=1S/C14H24N2O3S/c1-11-7-12(15)9-13(8-11)20(18,19)16-10-14(2,3)5-4-6-17/h7-9,16-17H,4-6,10,15H2,1-3H3. The first-order valence-electron chi connectivity index (χ1n) is 6.64. The van der Waals surface area contributed by atoms with Gasteiger partial charge in [0.25, 0.3) is 0 Å². The van der Waals surface area contributed by atoms with Crippen LogP contribution in [-0.2, 0) is 10.0 Å². The number of nitrogens with two attached hydrogens (primary N) is 1. The molecule has 0 amide bonds. The van der Waals surface area contributed by atoms with Gasteiger partial charge >= 0.3 is 0 Å². The minimum absolute atomic E-state index is 0.116. The Morgan fingerprint density at radius 1 is 1.30 bits per heavy atom. The maximum Gasteiger partial charge on any atom is 0.240 e. The zero-order chi connectivity index (χ0) is 15.4. The summed E-state index contributed by atoms with van der Waals surface area (Å²) >= 11 is 0. The lowest BCUT2D eigenvalue weighted by Gasteiger charge is -2.24. The number of aryl methyl sites for hydroxylation is 1. The molecule has 4 N–H and O–H groups in total. The van der Waals surface area contributed by atoms with Crippen molar-refractivity contribution in [1.29, 1.82) is 0 Å². The molecule has 0 radical (unpaired) electrons. The van der Waals surface area contributed by atoms with Gasteiger partial charge in [-0.1, -0.05) is 13.8 Å². The number of hydrogen-bond donors (Lipinski definition) is 3. The van der Waals surface area contributed by atoms with Crippen molar-refractivity contribution in [3.05, 3.63) is 23.8 Å². The number of anilines is 1. The van der Waals surface area contributed by atoms with Crippen molar-refractivity contribution in [2.45, 2.75) is 38.5 Å². The van der Waals surface area contributed by atoms with Gasteiger partial charge in [0, 0.05) is 18.8 Å². The Labute approximate surface area is 121 Å². The second kappa shape index (κ2) is 6.56. The van der Waals surface area contributed by atoms with E-state index in [9.17, 15) is 8.42 Å². The van der Waals surface area contributed by atoms with Crippen LogP contribution in [0.25, 0.3) is 0 Å². The van der Waals surface area contributed by atoms with Crippen LogP contribution in [0, 0.1) is 12.3 Å². The number of sulfonamides is 1. The van der Waals surface area contributed by atoms with Crippen molar-refractivity contribution < 1.29 is 13.5 Å². The van der Waals surface area contributed by atoms with Gasteiger partial charge in [-0.15, -0.1) is 0 Å². The predicted molar refractivity (Wildman–Crippen MR) is 80.9 cm³/mol. The average molecular weight is 300 g/mol. The molecule has 0 aliphatic rings. The Kier molecular flexibility index (Phi) is 5.56. The Morgan fingerprint density at radius 2 is 1.95 bits per heavy atom. The smallest absolute Gasteiger partial charge is 0.240 e. The van der Waals surface area contributed by atoms with Gasteiger partial charge in [0.1, 0.15) is 0 Å². The first-order chi connectivity index (χ1) is 9.16. The van der Waals surface area contributed by atoms with Crippen molar-refractivity contribution in [2.24, 2.45) is 5.41 Å². The summed E-state index contributed by atoms with van der Waals surface area (Å²) in [6, 6.07) is 4.78. The van der Waals surface area contributed by atoms with E-state index in [0.717, 1.165) is 12.0 Å². The number of nitrogens with one attached hydrogen (secondary N) is 1. The first-order valence-corrected chi connectivity index (χ1v) is 8.12. The van der Waals surface area contributed by atoms with Crippen molar-refractivity contribution in [2.75, 3.05) is 18.9 Å². The van der Waals surface area contributed by atoms with Crippen LogP contribution in [0.1, 0.15) is 32.3 Å². The van der Waals surface area contributed by atoms with E-state index >= 15 is 0 Å². The second-order valence-electron chi connectivity index (χ2n) is 5.90. The molecule has 1 aromatic rings. The highest BCUT2D eigenvalue weighted by molar-refractivity contribution is 7.89. The molecule has 0 bridgehead atoms. The van der Waals surface area contributed by atoms with Gasteiger partial charge in [-0.3, -0.25) is 0 Å². The van der Waals surface area contributed by atoms with Crippen molar-refractivity contribution >= 4 is 15.7 Å². The van der Waals surface area contributed by atoms with E-state index in [2.05, 4.69) is 4.72 Å². The van der Waals surface area contributed by atoms with Crippen LogP contribution in [0.2, 0.25) is 0 Å². The van der Waals surface area contributed by atoms with Gasteiger partial charge in [-0.2, -0.15) is 0 Å². The monoisotopic (exact) mass is 300 g/mol. The van der Waals surface area contributed by atoms with Gasteiger partial charge < -0.3 is 10.8 Å². The van der Waals surface area contributed by atoms with Gasteiger partial charge in [0.15, 0.2) is 0 Å². The Bertz CT molecular complexity index is 533.